The highest BCUT2D eigenvalue weighted by Gasteiger charge is 2.16. The summed E-state index contributed by atoms with van der Waals surface area (Å²) in [6.45, 7) is 5.63. The van der Waals surface area contributed by atoms with Gasteiger partial charge in [0.05, 0.1) is 25.3 Å². The maximum absolute atomic E-state index is 10.3. The van der Waals surface area contributed by atoms with Crippen molar-refractivity contribution in [2.45, 2.75) is 32.8 Å². The molecule has 0 spiro atoms. The number of aromatic nitrogens is 1. The van der Waals surface area contributed by atoms with E-state index in [0.717, 1.165) is 36.0 Å². The molecule has 0 fully saturated rings. The Morgan fingerprint density at radius 2 is 1.87 bits per heavy atom. The molecule has 0 saturated carbocycles. The summed E-state index contributed by atoms with van der Waals surface area (Å²) in [6.07, 6.45) is 0.995. The van der Waals surface area contributed by atoms with E-state index in [9.17, 15) is 5.11 Å². The van der Waals surface area contributed by atoms with Crippen molar-refractivity contribution in [2.75, 3.05) is 33.9 Å². The van der Waals surface area contributed by atoms with Gasteiger partial charge in [0.15, 0.2) is 17.1 Å². The predicted octanol–water partition coefficient (Wildman–Crippen LogP) is 3.62. The van der Waals surface area contributed by atoms with E-state index in [1.807, 2.05) is 36.4 Å². The van der Waals surface area contributed by atoms with Gasteiger partial charge in [0.2, 0.25) is 0 Å². The van der Waals surface area contributed by atoms with Crippen molar-refractivity contribution in [1.29, 1.82) is 0 Å². The van der Waals surface area contributed by atoms with Crippen molar-refractivity contribution < 1.29 is 23.8 Å². The van der Waals surface area contributed by atoms with Gasteiger partial charge >= 0.3 is 0 Å². The number of hydrogen-bond acceptors (Lipinski definition) is 7. The molecule has 0 amide bonds. The van der Waals surface area contributed by atoms with Gasteiger partial charge in [0.1, 0.15) is 18.5 Å². The molecule has 0 aliphatic carbocycles. The quantitative estimate of drug-likeness (QED) is 0.426. The van der Waals surface area contributed by atoms with Crippen LogP contribution >= 0.6 is 0 Å². The van der Waals surface area contributed by atoms with Crippen LogP contribution in [-0.4, -0.2) is 50.3 Å². The lowest BCUT2D eigenvalue weighted by molar-refractivity contribution is 0.107. The Labute approximate surface area is 183 Å². The summed E-state index contributed by atoms with van der Waals surface area (Å²) in [5.41, 5.74) is 2.73. The molecule has 2 N–H and O–H groups in total. The summed E-state index contributed by atoms with van der Waals surface area (Å²) >= 11 is 0. The molecule has 0 radical (unpaired) electrons. The topological polar surface area (TPSA) is 86.0 Å². The first-order valence-electron chi connectivity index (χ1n) is 10.6. The van der Waals surface area contributed by atoms with Crippen molar-refractivity contribution in [3.8, 4) is 17.2 Å². The highest BCUT2D eigenvalue weighted by molar-refractivity contribution is 5.86. The van der Waals surface area contributed by atoms with E-state index in [1.165, 1.54) is 0 Å². The van der Waals surface area contributed by atoms with Crippen LogP contribution in [0.25, 0.3) is 11.0 Å². The minimum Gasteiger partial charge on any atom is -0.493 e. The third kappa shape index (κ3) is 6.12. The largest absolute Gasteiger partial charge is 0.493 e. The molecule has 3 aromatic rings. The smallest absolute Gasteiger partial charge is 0.170 e. The minimum absolute atomic E-state index is 0.189. The molecule has 3 rings (SSSR count). The zero-order valence-corrected chi connectivity index (χ0v) is 18.7. The minimum atomic E-state index is -0.630. The Kier molecular flexibility index (Phi) is 8.14. The van der Waals surface area contributed by atoms with Crippen molar-refractivity contribution in [3.05, 3.63) is 47.7 Å². The number of hydrogen-bond donors (Lipinski definition) is 2. The molecule has 1 unspecified atom stereocenters. The number of methoxy groups -OCH3 is 2. The van der Waals surface area contributed by atoms with Gasteiger partial charge in [-0.05, 0) is 55.1 Å². The average molecular weight is 429 g/mol. The van der Waals surface area contributed by atoms with Gasteiger partial charge < -0.3 is 29.2 Å². The van der Waals surface area contributed by atoms with E-state index in [1.54, 1.807) is 14.2 Å². The summed E-state index contributed by atoms with van der Waals surface area (Å²) in [4.78, 5) is 0. The molecule has 0 aliphatic heterocycles. The van der Waals surface area contributed by atoms with E-state index in [0.29, 0.717) is 35.3 Å². The number of nitrogens with one attached hydrogen (secondary N) is 1. The van der Waals surface area contributed by atoms with Crippen LogP contribution in [0.2, 0.25) is 0 Å². The first-order valence-corrected chi connectivity index (χ1v) is 10.6. The van der Waals surface area contributed by atoms with Crippen LogP contribution < -0.4 is 19.5 Å². The van der Waals surface area contributed by atoms with Crippen LogP contribution in [0.1, 0.15) is 25.1 Å². The van der Waals surface area contributed by atoms with Crippen molar-refractivity contribution >= 4 is 11.0 Å². The van der Waals surface area contributed by atoms with Gasteiger partial charge in [-0.2, -0.15) is 0 Å². The van der Waals surface area contributed by atoms with Crippen LogP contribution in [-0.2, 0) is 12.8 Å². The first kappa shape index (κ1) is 22.9. The number of rotatable bonds is 12. The first-order chi connectivity index (χ1) is 15.0. The Morgan fingerprint density at radius 3 is 2.61 bits per heavy atom. The SMILES string of the molecule is COc1ccc(CCNCC(O)COc2cccc3onc(CC(C)C)c23)cc1OC. The fourth-order valence-corrected chi connectivity index (χ4v) is 3.45. The number of aliphatic hydroxyl groups is 1. The zero-order valence-electron chi connectivity index (χ0n) is 18.7. The van der Waals surface area contributed by atoms with Gasteiger partial charge in [0.25, 0.3) is 0 Å². The second-order valence-corrected chi connectivity index (χ2v) is 7.96. The molecular formula is C24H32N2O5. The summed E-state index contributed by atoms with van der Waals surface area (Å²) < 4.78 is 21.9. The standard InChI is InChI=1S/C24H32N2O5/c1-16(2)12-19-24-21(6-5-7-22(24)31-26-19)30-15-18(27)14-25-11-10-17-8-9-20(28-3)23(13-17)29-4/h5-9,13,16,18,25,27H,10-12,14-15H2,1-4H3. The van der Waals surface area contributed by atoms with E-state index >= 15 is 0 Å². The maximum Gasteiger partial charge on any atom is 0.170 e. The summed E-state index contributed by atoms with van der Waals surface area (Å²) in [5, 5.41) is 18.7. The molecule has 168 valence electrons. The molecule has 0 bridgehead atoms. The third-order valence-corrected chi connectivity index (χ3v) is 4.98. The van der Waals surface area contributed by atoms with E-state index < -0.39 is 6.10 Å². The number of benzene rings is 2. The fraction of sp³-hybridized carbons (Fsp3) is 0.458. The van der Waals surface area contributed by atoms with Crippen LogP contribution in [0.4, 0.5) is 0 Å². The van der Waals surface area contributed by atoms with Gasteiger partial charge in [-0.1, -0.05) is 31.1 Å². The molecule has 1 heterocycles. The monoisotopic (exact) mass is 428 g/mol. The molecule has 2 aromatic carbocycles. The Balaban J connectivity index is 1.48. The molecule has 1 atom stereocenters. The summed E-state index contributed by atoms with van der Waals surface area (Å²) in [6, 6.07) is 11.5. The lowest BCUT2D eigenvalue weighted by Crippen LogP contribution is -2.32. The summed E-state index contributed by atoms with van der Waals surface area (Å²) in [5.74, 6) is 2.58. The molecule has 0 aliphatic rings. The summed E-state index contributed by atoms with van der Waals surface area (Å²) in [7, 11) is 3.25. The Morgan fingerprint density at radius 1 is 1.06 bits per heavy atom. The number of ether oxygens (including phenoxy) is 3. The van der Waals surface area contributed by atoms with E-state index in [4.69, 9.17) is 18.7 Å². The highest BCUT2D eigenvalue weighted by atomic mass is 16.5. The van der Waals surface area contributed by atoms with Gasteiger partial charge in [-0.3, -0.25) is 0 Å². The number of nitrogens with zero attached hydrogens (tertiary/aromatic N) is 1. The van der Waals surface area contributed by atoms with Crippen molar-refractivity contribution in [1.82, 2.24) is 10.5 Å². The Bertz CT molecular complexity index is 970. The van der Waals surface area contributed by atoms with E-state index in [2.05, 4.69) is 24.3 Å². The van der Waals surface area contributed by atoms with E-state index in [-0.39, 0.29) is 6.61 Å². The average Bonchev–Trinajstić information content (AvgIpc) is 3.17. The molecule has 7 heteroatoms. The van der Waals surface area contributed by atoms with Crippen molar-refractivity contribution in [2.24, 2.45) is 5.92 Å². The lowest BCUT2D eigenvalue weighted by atomic mass is 10.0. The van der Waals surface area contributed by atoms with Gasteiger partial charge in [-0.25, -0.2) is 0 Å². The lowest BCUT2D eigenvalue weighted by Gasteiger charge is -2.14. The molecule has 1 aromatic heterocycles. The van der Waals surface area contributed by atoms with Crippen LogP contribution in [0.5, 0.6) is 17.2 Å². The molecule has 0 saturated heterocycles. The van der Waals surface area contributed by atoms with Crippen molar-refractivity contribution in [3.63, 3.8) is 0 Å². The maximum atomic E-state index is 10.3. The van der Waals surface area contributed by atoms with Crippen LogP contribution in [0.15, 0.2) is 40.9 Å². The normalized spacial score (nSPS) is 12.3. The second kappa shape index (κ2) is 11.0. The third-order valence-electron chi connectivity index (χ3n) is 4.98. The fourth-order valence-electron chi connectivity index (χ4n) is 3.45. The zero-order chi connectivity index (χ0) is 22.2. The van der Waals surface area contributed by atoms with Crippen LogP contribution in [0.3, 0.4) is 0 Å². The predicted molar refractivity (Wildman–Crippen MR) is 120 cm³/mol. The molecule has 31 heavy (non-hydrogen) atoms. The number of fused-ring (bicyclic) bond motifs is 1. The second-order valence-electron chi connectivity index (χ2n) is 7.96. The van der Waals surface area contributed by atoms with Gasteiger partial charge in [-0.15, -0.1) is 0 Å². The highest BCUT2D eigenvalue weighted by Crippen LogP contribution is 2.30. The van der Waals surface area contributed by atoms with Crippen LogP contribution in [0, 0.1) is 5.92 Å². The Hall–Kier alpha value is -2.77. The van der Waals surface area contributed by atoms with Gasteiger partial charge in [0, 0.05) is 6.54 Å². The molecular weight excluding hydrogens is 396 g/mol. The number of aliphatic hydroxyl groups excluding tert-OH is 1. The molecule has 7 nitrogen and oxygen atoms in total.